The Morgan fingerprint density at radius 2 is 0.638 bits per heavy atom. The summed E-state index contributed by atoms with van der Waals surface area (Å²) in [5, 5.41) is 0. The van der Waals surface area contributed by atoms with Gasteiger partial charge in [-0.2, -0.15) is 0 Å². The highest BCUT2D eigenvalue weighted by Crippen LogP contribution is 2.16. The zero-order valence-electron chi connectivity index (χ0n) is 25.8. The van der Waals surface area contributed by atoms with Crippen molar-refractivity contribution in [2.75, 3.05) is 64.0 Å². The third-order valence-electron chi connectivity index (χ3n) is 4.40. The van der Waals surface area contributed by atoms with Crippen LogP contribution in [0.5, 0.6) is 0 Å². The molecule has 0 aromatic heterocycles. The molecule has 0 bridgehead atoms. The molecule has 0 aromatic carbocycles. The van der Waals surface area contributed by atoms with Crippen molar-refractivity contribution in [1.82, 2.24) is 0 Å². The molecule has 47 heavy (non-hydrogen) atoms. The maximum absolute atomic E-state index is 12.3. The summed E-state index contributed by atoms with van der Waals surface area (Å²) in [5.74, 6) is 0. The van der Waals surface area contributed by atoms with Gasteiger partial charge in [0.2, 0.25) is 17.6 Å². The summed E-state index contributed by atoms with van der Waals surface area (Å²) < 4.78 is 61.5. The minimum absolute atomic E-state index is 0. The Bertz CT molecular complexity index is 655. The SMILES string of the molecule is C.C.C.C.C.C.C.CO[Si](C)(C)OC.CO[Si](C)(C)O[Si]([O-])(OC)O[Si]([O-])([O-])O[Si](C)([O-])O[Si](C)([O-])OC.CO[Si](OC)(OC)OC. The third-order valence-corrected chi connectivity index (χ3v) is 21.0. The van der Waals surface area contributed by atoms with Gasteiger partial charge in [0.1, 0.15) is 9.05 Å². The van der Waals surface area contributed by atoms with Gasteiger partial charge in [0.25, 0.3) is 0 Å². The maximum atomic E-state index is 12.3. The molecule has 0 aliphatic carbocycles. The van der Waals surface area contributed by atoms with E-state index in [9.17, 15) is 24.0 Å². The van der Waals surface area contributed by atoms with E-state index in [0.29, 0.717) is 0 Å². The predicted octanol–water partition coefficient (Wildman–Crippen LogP) is -0.0548. The largest absolute Gasteiger partial charge is 0.829 e. The van der Waals surface area contributed by atoms with Crippen LogP contribution in [0.4, 0.5) is 0 Å². The van der Waals surface area contributed by atoms with E-state index in [1.54, 1.807) is 14.2 Å². The first kappa shape index (κ1) is 73.3. The average Bonchev–Trinajstić information content (AvgIpc) is 2.84. The van der Waals surface area contributed by atoms with Gasteiger partial charge in [0.05, 0.1) is 0 Å². The molecule has 0 saturated heterocycles. The van der Waals surface area contributed by atoms with Gasteiger partial charge in [-0.05, 0) is 39.3 Å². The second-order valence-corrected chi connectivity index (χ2v) is 27.3. The molecule has 0 aliphatic heterocycles. The summed E-state index contributed by atoms with van der Waals surface area (Å²) in [6.45, 7) is 8.64. The van der Waals surface area contributed by atoms with E-state index < -0.39 is 61.9 Å². The summed E-state index contributed by atoms with van der Waals surface area (Å²) >= 11 is 0. The maximum Gasteiger partial charge on any atom is 0.678 e. The van der Waals surface area contributed by atoms with Gasteiger partial charge in [0.15, 0.2) is 0 Å². The fourth-order valence-corrected chi connectivity index (χ4v) is 14.1. The topological polar surface area (TPSA) is 235 Å². The van der Waals surface area contributed by atoms with E-state index >= 15 is 0 Å². The fourth-order valence-electron chi connectivity index (χ4n) is 1.83. The normalized spacial score (nSPS) is 14.8. The highest BCUT2D eigenvalue weighted by molar-refractivity contribution is 6.79. The Balaban J connectivity index is -0.0000000629. The Morgan fingerprint density at radius 3 is 0.830 bits per heavy atom. The quantitative estimate of drug-likeness (QED) is 0.175. The van der Waals surface area contributed by atoms with Crippen LogP contribution >= 0.6 is 0 Å². The van der Waals surface area contributed by atoms with E-state index in [0.717, 1.165) is 27.3 Å². The van der Waals surface area contributed by atoms with Gasteiger partial charge >= 0.3 is 35.2 Å². The molecular weight excluding hydrogens is 749 g/mol. The van der Waals surface area contributed by atoms with Crippen LogP contribution in [0.3, 0.4) is 0 Å². The lowest BCUT2D eigenvalue weighted by Gasteiger charge is -2.58. The van der Waals surface area contributed by atoms with Crippen LogP contribution in [-0.4, -0.2) is 126 Å². The Kier molecular flexibility index (Phi) is 49.1. The standard InChI is InChI=1S/C7H21O12Si5.C4H12O4Si.C4H12O2Si.7CH4/c1-13-20(4,5)16-24(12,15-3)19-23(10,11)18-22(7,9)17-21(6,8)14-2;1-5-9(6-2,7-3)8-4;1-5-7(3,4)6-2;;;;;;;/h1-7H3;1-4H3;1-4H3;7*1H4/q-5;;;;;;;;;. The Labute approximate surface area is 296 Å². The van der Waals surface area contributed by atoms with Crippen molar-refractivity contribution in [3.05, 3.63) is 0 Å². The monoisotopic (exact) mass is 821 g/mol. The minimum atomic E-state index is -5.80. The minimum Gasteiger partial charge on any atom is -0.829 e. The molecule has 0 amide bonds. The van der Waals surface area contributed by atoms with Crippen LogP contribution in [0.1, 0.15) is 52.0 Å². The highest BCUT2D eigenvalue weighted by Gasteiger charge is 2.40. The van der Waals surface area contributed by atoms with Crippen molar-refractivity contribution in [3.8, 4) is 0 Å². The van der Waals surface area contributed by atoms with Gasteiger partial charge < -0.3 is 80.3 Å². The van der Waals surface area contributed by atoms with Crippen molar-refractivity contribution >= 4 is 61.9 Å². The van der Waals surface area contributed by atoms with E-state index in [1.807, 2.05) is 13.1 Å². The predicted molar refractivity (Wildman–Crippen MR) is 190 cm³/mol. The molecule has 0 aromatic rings. The molecule has 18 nitrogen and oxygen atoms in total. The van der Waals surface area contributed by atoms with Gasteiger partial charge in [-0.25, -0.2) is 0 Å². The van der Waals surface area contributed by atoms with Gasteiger partial charge in [-0.15, -0.1) is 0 Å². The third kappa shape index (κ3) is 35.0. The second kappa shape index (κ2) is 31.5. The molecule has 0 radical (unpaired) electrons. The van der Waals surface area contributed by atoms with Crippen molar-refractivity contribution < 1.29 is 80.3 Å². The molecule has 0 spiro atoms. The molecule has 25 heteroatoms. The van der Waals surface area contributed by atoms with Crippen molar-refractivity contribution in [2.45, 2.75) is 91.3 Å². The van der Waals surface area contributed by atoms with Crippen LogP contribution in [0, 0.1) is 0 Å². The van der Waals surface area contributed by atoms with Crippen molar-refractivity contribution in [3.63, 3.8) is 0 Å². The van der Waals surface area contributed by atoms with Crippen LogP contribution < -0.4 is 24.0 Å². The summed E-state index contributed by atoms with van der Waals surface area (Å²) in [6, 6.07) is 0. The number of rotatable bonds is 17. The van der Waals surface area contributed by atoms with Crippen molar-refractivity contribution in [2.24, 2.45) is 0 Å². The Hall–Kier alpha value is 0.798. The van der Waals surface area contributed by atoms with Crippen LogP contribution in [-0.2, 0) is 56.3 Å². The lowest BCUT2D eigenvalue weighted by atomic mass is 11.8. The number of hydrogen-bond acceptors (Lipinski definition) is 18. The van der Waals surface area contributed by atoms with E-state index in [4.69, 9.17) is 35.1 Å². The lowest BCUT2D eigenvalue weighted by Crippen LogP contribution is -2.81. The van der Waals surface area contributed by atoms with Crippen LogP contribution in [0.2, 0.25) is 39.3 Å². The Morgan fingerprint density at radius 1 is 0.319 bits per heavy atom. The van der Waals surface area contributed by atoms with Crippen molar-refractivity contribution in [1.29, 1.82) is 0 Å². The summed E-state index contributed by atoms with van der Waals surface area (Å²) in [5.41, 5.74) is 0. The summed E-state index contributed by atoms with van der Waals surface area (Å²) in [7, 11) is -14.5. The zero-order valence-corrected chi connectivity index (χ0v) is 32.8. The molecule has 0 rings (SSSR count). The van der Waals surface area contributed by atoms with E-state index in [1.165, 1.54) is 48.6 Å². The first-order chi connectivity index (χ1) is 17.9. The van der Waals surface area contributed by atoms with Crippen LogP contribution in [0.15, 0.2) is 0 Å². The average molecular weight is 822 g/mol. The molecule has 0 N–H and O–H groups in total. The molecule has 302 valence electrons. The highest BCUT2D eigenvalue weighted by atomic mass is 28.5. The second-order valence-electron chi connectivity index (χ2n) is 8.27. The van der Waals surface area contributed by atoms with E-state index in [-0.39, 0.29) is 52.0 Å². The molecule has 3 atom stereocenters. The molecule has 0 aliphatic rings. The lowest BCUT2D eigenvalue weighted by molar-refractivity contribution is -0.445. The summed E-state index contributed by atoms with van der Waals surface area (Å²) in [4.78, 5) is 59.7. The zero-order chi connectivity index (χ0) is 32.7. The molecular formula is C22H73O18Si7-5. The molecule has 3 unspecified atom stereocenters. The first-order valence-corrected chi connectivity index (χ1v) is 26.1. The van der Waals surface area contributed by atoms with Gasteiger partial charge in [-0.1, -0.05) is 52.0 Å². The van der Waals surface area contributed by atoms with E-state index in [2.05, 4.69) is 21.2 Å². The molecule has 0 fully saturated rings. The number of hydrogen-bond donors (Lipinski definition) is 0. The summed E-state index contributed by atoms with van der Waals surface area (Å²) in [6.07, 6.45) is 0. The van der Waals surface area contributed by atoms with Gasteiger partial charge in [-0.3, -0.25) is 0 Å². The fraction of sp³-hybridized carbons (Fsp3) is 1.00. The van der Waals surface area contributed by atoms with Gasteiger partial charge in [0, 0.05) is 64.0 Å². The smallest absolute Gasteiger partial charge is 0.678 e. The first-order valence-electron chi connectivity index (χ1n) is 11.2. The van der Waals surface area contributed by atoms with Crippen LogP contribution in [0.25, 0.3) is 0 Å². The molecule has 0 saturated carbocycles. The molecule has 0 heterocycles.